The summed E-state index contributed by atoms with van der Waals surface area (Å²) in [5.74, 6) is 0. The third-order valence-corrected chi connectivity index (χ3v) is 3.46. The fraction of sp³-hybridized carbons (Fsp3) is 0.375. The van der Waals surface area contributed by atoms with Crippen LogP contribution in [0.3, 0.4) is 0 Å². The van der Waals surface area contributed by atoms with Gasteiger partial charge in [-0.05, 0) is 46.7 Å². The summed E-state index contributed by atoms with van der Waals surface area (Å²) in [4.78, 5) is 0. The largest absolute Gasteiger partial charge is 0.394 e. The lowest BCUT2D eigenvalue weighted by atomic mass is 9.90. The molecule has 0 fully saturated rings. The van der Waals surface area contributed by atoms with Gasteiger partial charge in [0.25, 0.3) is 0 Å². The fourth-order valence-electron chi connectivity index (χ4n) is 2.69. The summed E-state index contributed by atoms with van der Waals surface area (Å²) in [6.45, 7) is 6.78. The smallest absolute Gasteiger partial charge is 0.264 e. The first kappa shape index (κ1) is 17.6. The van der Waals surface area contributed by atoms with Crippen molar-refractivity contribution in [1.82, 2.24) is 0 Å². The second-order valence-electron chi connectivity index (χ2n) is 4.72. The van der Waals surface area contributed by atoms with Gasteiger partial charge in [0, 0.05) is 0 Å². The van der Waals surface area contributed by atoms with E-state index in [1.165, 1.54) is 16.3 Å². The second kappa shape index (κ2) is 7.54. The highest BCUT2D eigenvalue weighted by Crippen LogP contribution is 2.27. The molecule has 0 aliphatic rings. The van der Waals surface area contributed by atoms with E-state index in [-0.39, 0.29) is 0 Å². The lowest BCUT2D eigenvalue weighted by Crippen LogP contribution is -1.99. The van der Waals surface area contributed by atoms with Gasteiger partial charge in [0.05, 0.1) is 0 Å². The normalized spacial score (nSPS) is 11.1. The van der Waals surface area contributed by atoms with Crippen molar-refractivity contribution in [1.29, 1.82) is 0 Å². The van der Waals surface area contributed by atoms with E-state index in [1.807, 2.05) is 0 Å². The highest BCUT2D eigenvalue weighted by atomic mass is 32.3. The average Bonchev–Trinajstić information content (AvgIpc) is 2.43. The van der Waals surface area contributed by atoms with Crippen molar-refractivity contribution in [3.8, 4) is 0 Å². The zero-order valence-corrected chi connectivity index (χ0v) is 13.4. The van der Waals surface area contributed by atoms with Crippen molar-refractivity contribution in [2.45, 2.75) is 40.0 Å². The van der Waals surface area contributed by atoms with Crippen LogP contribution in [-0.4, -0.2) is 17.5 Å². The molecule has 0 amide bonds. The minimum absolute atomic E-state index is 1.14. The summed E-state index contributed by atoms with van der Waals surface area (Å²) in [7, 11) is -4.67. The Bertz CT molecular complexity index is 698. The lowest BCUT2D eigenvalue weighted by molar-refractivity contribution is 0.381. The topological polar surface area (TPSA) is 74.6 Å². The number of fused-ring (bicyclic) bond motifs is 1. The standard InChI is InChI=1S/C16H20.H2O4S/c1-4-12-11-13-9-7-8-10-16(13)15(6-3)14(12)5-2;1-5(2,3)4/h7-11H,4-6H2,1-3H3;(H2,1,2,3,4). The second-order valence-corrected chi connectivity index (χ2v) is 5.62. The molecule has 2 rings (SSSR count). The molecule has 0 heterocycles. The number of benzene rings is 2. The van der Waals surface area contributed by atoms with Crippen LogP contribution in [0.25, 0.3) is 10.8 Å². The molecule has 2 aromatic carbocycles. The minimum atomic E-state index is -4.67. The van der Waals surface area contributed by atoms with Gasteiger partial charge in [0.15, 0.2) is 0 Å². The lowest BCUT2D eigenvalue weighted by Gasteiger charge is -2.15. The van der Waals surface area contributed by atoms with Gasteiger partial charge in [-0.15, -0.1) is 0 Å². The van der Waals surface area contributed by atoms with E-state index < -0.39 is 10.4 Å². The Morgan fingerprint density at radius 1 is 0.905 bits per heavy atom. The summed E-state index contributed by atoms with van der Waals surface area (Å²) < 4.78 is 31.6. The number of hydrogen-bond donors (Lipinski definition) is 2. The quantitative estimate of drug-likeness (QED) is 0.844. The Balaban J connectivity index is 0.000000383. The van der Waals surface area contributed by atoms with Crippen molar-refractivity contribution in [2.75, 3.05) is 0 Å². The molecule has 0 aromatic heterocycles. The summed E-state index contributed by atoms with van der Waals surface area (Å²) in [6.07, 6.45) is 3.43. The number of rotatable bonds is 3. The van der Waals surface area contributed by atoms with Crippen LogP contribution in [0.2, 0.25) is 0 Å². The van der Waals surface area contributed by atoms with Crippen LogP contribution < -0.4 is 0 Å². The van der Waals surface area contributed by atoms with Crippen molar-refractivity contribution in [2.24, 2.45) is 0 Å². The molecular formula is C16H22O4S. The van der Waals surface area contributed by atoms with Crippen molar-refractivity contribution in [3.05, 3.63) is 47.0 Å². The molecule has 116 valence electrons. The summed E-state index contributed by atoms with van der Waals surface area (Å²) in [5.41, 5.74) is 4.65. The molecule has 2 aromatic rings. The van der Waals surface area contributed by atoms with Gasteiger partial charge >= 0.3 is 10.4 Å². The van der Waals surface area contributed by atoms with Gasteiger partial charge in [-0.2, -0.15) is 8.42 Å². The van der Waals surface area contributed by atoms with E-state index in [4.69, 9.17) is 17.5 Å². The molecule has 21 heavy (non-hydrogen) atoms. The SMILES string of the molecule is CCc1cc2ccccc2c(CC)c1CC.O=S(=O)(O)O. The molecule has 0 radical (unpaired) electrons. The molecule has 0 unspecified atom stereocenters. The van der Waals surface area contributed by atoms with E-state index in [9.17, 15) is 0 Å². The number of aryl methyl sites for hydroxylation is 2. The fourth-order valence-corrected chi connectivity index (χ4v) is 2.69. The Hall–Kier alpha value is -1.43. The summed E-state index contributed by atoms with van der Waals surface area (Å²) in [5, 5.41) is 2.84. The van der Waals surface area contributed by atoms with Crippen LogP contribution in [0.4, 0.5) is 0 Å². The third-order valence-electron chi connectivity index (χ3n) is 3.46. The highest BCUT2D eigenvalue weighted by molar-refractivity contribution is 7.79. The maximum atomic E-state index is 8.74. The van der Waals surface area contributed by atoms with E-state index in [0.29, 0.717) is 0 Å². The first-order valence-electron chi connectivity index (χ1n) is 7.04. The zero-order valence-electron chi connectivity index (χ0n) is 12.6. The van der Waals surface area contributed by atoms with Gasteiger partial charge in [0.2, 0.25) is 0 Å². The van der Waals surface area contributed by atoms with E-state index >= 15 is 0 Å². The van der Waals surface area contributed by atoms with Gasteiger partial charge in [-0.1, -0.05) is 51.1 Å². The molecule has 0 aliphatic heterocycles. The molecule has 0 spiro atoms. The monoisotopic (exact) mass is 310 g/mol. The molecule has 5 heteroatoms. The predicted molar refractivity (Wildman–Crippen MR) is 86.3 cm³/mol. The van der Waals surface area contributed by atoms with Crippen LogP contribution in [0.15, 0.2) is 30.3 Å². The molecule has 4 nitrogen and oxygen atoms in total. The van der Waals surface area contributed by atoms with E-state index in [2.05, 4.69) is 51.1 Å². The number of hydrogen-bond acceptors (Lipinski definition) is 2. The van der Waals surface area contributed by atoms with Crippen molar-refractivity contribution >= 4 is 21.2 Å². The maximum Gasteiger partial charge on any atom is 0.394 e. The van der Waals surface area contributed by atoms with Crippen LogP contribution in [0.1, 0.15) is 37.5 Å². The van der Waals surface area contributed by atoms with E-state index in [1.54, 1.807) is 11.1 Å². The highest BCUT2D eigenvalue weighted by Gasteiger charge is 2.09. The van der Waals surface area contributed by atoms with Crippen molar-refractivity contribution in [3.63, 3.8) is 0 Å². The molecule has 0 bridgehead atoms. The Labute approximate surface area is 126 Å². The van der Waals surface area contributed by atoms with Crippen LogP contribution in [0.5, 0.6) is 0 Å². The van der Waals surface area contributed by atoms with Crippen LogP contribution >= 0.6 is 0 Å². The first-order chi connectivity index (χ1) is 9.81. The van der Waals surface area contributed by atoms with E-state index in [0.717, 1.165) is 19.3 Å². The molecule has 0 atom stereocenters. The molecule has 0 saturated heterocycles. The predicted octanol–water partition coefficient (Wildman–Crippen LogP) is 3.87. The van der Waals surface area contributed by atoms with Gasteiger partial charge < -0.3 is 0 Å². The Morgan fingerprint density at radius 3 is 1.90 bits per heavy atom. The first-order valence-corrected chi connectivity index (χ1v) is 8.43. The van der Waals surface area contributed by atoms with Crippen LogP contribution in [0, 0.1) is 0 Å². The van der Waals surface area contributed by atoms with Gasteiger partial charge in [0.1, 0.15) is 0 Å². The van der Waals surface area contributed by atoms with Gasteiger partial charge in [-0.25, -0.2) is 0 Å². The van der Waals surface area contributed by atoms with Crippen molar-refractivity contribution < 1.29 is 17.5 Å². The maximum absolute atomic E-state index is 8.74. The minimum Gasteiger partial charge on any atom is -0.264 e. The average molecular weight is 310 g/mol. The summed E-state index contributed by atoms with van der Waals surface area (Å²) in [6, 6.07) is 11.1. The molecular weight excluding hydrogens is 288 g/mol. The molecule has 0 saturated carbocycles. The Morgan fingerprint density at radius 2 is 1.43 bits per heavy atom. The Kier molecular flexibility index (Phi) is 6.33. The third kappa shape index (κ3) is 5.12. The van der Waals surface area contributed by atoms with Gasteiger partial charge in [-0.3, -0.25) is 9.11 Å². The summed E-state index contributed by atoms with van der Waals surface area (Å²) >= 11 is 0. The molecule has 0 aliphatic carbocycles. The molecule has 2 N–H and O–H groups in total. The van der Waals surface area contributed by atoms with Crippen LogP contribution in [-0.2, 0) is 29.7 Å². The zero-order chi connectivity index (χ0) is 16.0.